The van der Waals surface area contributed by atoms with E-state index in [4.69, 9.17) is 10.5 Å². The molecular formula is C15H20N2O3. The third kappa shape index (κ3) is 2.92. The number of carbonyl (C=O) groups is 2. The highest BCUT2D eigenvalue weighted by Gasteiger charge is 2.33. The zero-order chi connectivity index (χ0) is 14.7. The van der Waals surface area contributed by atoms with Crippen LogP contribution in [-0.2, 0) is 9.59 Å². The second-order valence-electron chi connectivity index (χ2n) is 5.25. The van der Waals surface area contributed by atoms with Crippen molar-refractivity contribution in [1.29, 1.82) is 0 Å². The predicted molar refractivity (Wildman–Crippen MR) is 75.3 cm³/mol. The van der Waals surface area contributed by atoms with Crippen LogP contribution in [0.15, 0.2) is 24.3 Å². The summed E-state index contributed by atoms with van der Waals surface area (Å²) in [6.45, 7) is 3.04. The summed E-state index contributed by atoms with van der Waals surface area (Å²) in [7, 11) is 1.63. The van der Waals surface area contributed by atoms with Crippen molar-refractivity contribution in [2.45, 2.75) is 19.3 Å². The fourth-order valence-electron chi connectivity index (χ4n) is 2.64. The molecule has 1 aromatic rings. The van der Waals surface area contributed by atoms with Gasteiger partial charge in [0.1, 0.15) is 5.75 Å². The minimum atomic E-state index is -0.397. The Balaban J connectivity index is 2.06. The van der Waals surface area contributed by atoms with Gasteiger partial charge in [0.2, 0.25) is 11.8 Å². The standard InChI is InChI=1S/C15H20N2O3/c1-10(12-5-3-4-6-13(12)20-2)8-17-9-11(15(16)19)7-14(17)18/h3-6,10-11H,7-9H2,1-2H3,(H2,16,19)/t10-,11+/m1/s1. The Bertz CT molecular complexity index is 516. The first-order valence-electron chi connectivity index (χ1n) is 6.73. The molecule has 0 aromatic heterocycles. The number of hydrogen-bond donors (Lipinski definition) is 1. The van der Waals surface area contributed by atoms with Gasteiger partial charge in [-0.1, -0.05) is 25.1 Å². The van der Waals surface area contributed by atoms with Crippen molar-refractivity contribution in [2.24, 2.45) is 11.7 Å². The lowest BCUT2D eigenvalue weighted by molar-refractivity contribution is -0.128. The number of carbonyl (C=O) groups excluding carboxylic acids is 2. The minimum absolute atomic E-state index is 0.00412. The molecule has 20 heavy (non-hydrogen) atoms. The van der Waals surface area contributed by atoms with E-state index in [2.05, 4.69) is 0 Å². The third-order valence-electron chi connectivity index (χ3n) is 3.78. The van der Waals surface area contributed by atoms with E-state index in [0.29, 0.717) is 13.1 Å². The molecule has 1 aromatic carbocycles. The van der Waals surface area contributed by atoms with Gasteiger partial charge >= 0.3 is 0 Å². The zero-order valence-corrected chi connectivity index (χ0v) is 11.8. The molecular weight excluding hydrogens is 256 g/mol. The fourth-order valence-corrected chi connectivity index (χ4v) is 2.64. The van der Waals surface area contributed by atoms with Crippen molar-refractivity contribution in [1.82, 2.24) is 4.90 Å². The lowest BCUT2D eigenvalue weighted by Gasteiger charge is -2.22. The van der Waals surface area contributed by atoms with E-state index >= 15 is 0 Å². The van der Waals surface area contributed by atoms with Gasteiger partial charge < -0.3 is 15.4 Å². The zero-order valence-electron chi connectivity index (χ0n) is 11.8. The smallest absolute Gasteiger partial charge is 0.223 e. The number of para-hydroxylation sites is 1. The Morgan fingerprint density at radius 2 is 2.20 bits per heavy atom. The van der Waals surface area contributed by atoms with E-state index in [0.717, 1.165) is 11.3 Å². The van der Waals surface area contributed by atoms with Crippen LogP contribution in [0.4, 0.5) is 0 Å². The fraction of sp³-hybridized carbons (Fsp3) is 0.467. The molecule has 0 bridgehead atoms. The molecule has 1 heterocycles. The first-order chi connectivity index (χ1) is 9.52. The van der Waals surface area contributed by atoms with Crippen LogP contribution in [0.2, 0.25) is 0 Å². The lowest BCUT2D eigenvalue weighted by Crippen LogP contribution is -2.31. The molecule has 2 rings (SSSR count). The van der Waals surface area contributed by atoms with Gasteiger partial charge in [-0.15, -0.1) is 0 Å². The lowest BCUT2D eigenvalue weighted by atomic mass is 9.99. The predicted octanol–water partition coefficient (Wildman–Crippen LogP) is 1.13. The molecule has 0 spiro atoms. The van der Waals surface area contributed by atoms with Crippen LogP contribution in [0.5, 0.6) is 5.75 Å². The maximum atomic E-state index is 11.9. The van der Waals surface area contributed by atoms with Crippen molar-refractivity contribution in [3.8, 4) is 5.75 Å². The quantitative estimate of drug-likeness (QED) is 0.876. The second-order valence-corrected chi connectivity index (χ2v) is 5.25. The molecule has 1 saturated heterocycles. The third-order valence-corrected chi connectivity index (χ3v) is 3.78. The van der Waals surface area contributed by atoms with Gasteiger partial charge in [-0.05, 0) is 11.6 Å². The van der Waals surface area contributed by atoms with Gasteiger partial charge in [-0.2, -0.15) is 0 Å². The van der Waals surface area contributed by atoms with E-state index < -0.39 is 5.91 Å². The number of ether oxygens (including phenoxy) is 1. The highest BCUT2D eigenvalue weighted by molar-refractivity contribution is 5.88. The summed E-state index contributed by atoms with van der Waals surface area (Å²) >= 11 is 0. The number of likely N-dealkylation sites (tertiary alicyclic amines) is 1. The summed E-state index contributed by atoms with van der Waals surface area (Å²) in [5, 5.41) is 0. The van der Waals surface area contributed by atoms with Crippen LogP contribution in [-0.4, -0.2) is 36.9 Å². The maximum absolute atomic E-state index is 11.9. The Morgan fingerprint density at radius 3 is 2.80 bits per heavy atom. The van der Waals surface area contributed by atoms with Gasteiger partial charge in [0.05, 0.1) is 13.0 Å². The number of benzene rings is 1. The molecule has 1 aliphatic heterocycles. The Hall–Kier alpha value is -2.04. The van der Waals surface area contributed by atoms with Crippen LogP contribution >= 0.6 is 0 Å². The number of hydrogen-bond acceptors (Lipinski definition) is 3. The highest BCUT2D eigenvalue weighted by atomic mass is 16.5. The van der Waals surface area contributed by atoms with Gasteiger partial charge in [-0.3, -0.25) is 9.59 Å². The summed E-state index contributed by atoms with van der Waals surface area (Å²) in [5.41, 5.74) is 6.33. The summed E-state index contributed by atoms with van der Waals surface area (Å²) in [6, 6.07) is 7.77. The summed E-state index contributed by atoms with van der Waals surface area (Å²) in [4.78, 5) is 24.8. The average Bonchev–Trinajstić information content (AvgIpc) is 2.80. The second kappa shape index (κ2) is 5.94. The SMILES string of the molecule is COc1ccccc1[C@H](C)CN1C[C@@H](C(N)=O)CC1=O. The number of primary amides is 1. The molecule has 0 radical (unpaired) electrons. The van der Waals surface area contributed by atoms with Crippen LogP contribution in [0, 0.1) is 5.92 Å². The van der Waals surface area contributed by atoms with Gasteiger partial charge in [0, 0.05) is 25.4 Å². The molecule has 5 heteroatoms. The number of nitrogens with zero attached hydrogens (tertiary/aromatic N) is 1. The normalized spacial score (nSPS) is 20.0. The van der Waals surface area contributed by atoms with Crippen LogP contribution in [0.3, 0.4) is 0 Å². The molecule has 1 aliphatic rings. The summed E-state index contributed by atoms with van der Waals surface area (Å²) in [5.74, 6) is 0.202. The van der Waals surface area contributed by atoms with Crippen LogP contribution < -0.4 is 10.5 Å². The van der Waals surface area contributed by atoms with Gasteiger partial charge in [0.25, 0.3) is 0 Å². The first kappa shape index (κ1) is 14.4. The van der Waals surface area contributed by atoms with E-state index in [1.165, 1.54) is 0 Å². The average molecular weight is 276 g/mol. The van der Waals surface area contributed by atoms with E-state index in [9.17, 15) is 9.59 Å². The molecule has 108 valence electrons. The molecule has 2 amide bonds. The summed E-state index contributed by atoms with van der Waals surface area (Å²) in [6.07, 6.45) is 0.230. The highest BCUT2D eigenvalue weighted by Crippen LogP contribution is 2.28. The Labute approximate surface area is 118 Å². The number of amides is 2. The van der Waals surface area contributed by atoms with Crippen LogP contribution in [0.1, 0.15) is 24.8 Å². The topological polar surface area (TPSA) is 72.6 Å². The Kier molecular flexibility index (Phi) is 4.27. The molecule has 2 N–H and O–H groups in total. The molecule has 0 unspecified atom stereocenters. The van der Waals surface area contributed by atoms with Crippen molar-refractivity contribution >= 4 is 11.8 Å². The maximum Gasteiger partial charge on any atom is 0.223 e. The Morgan fingerprint density at radius 1 is 1.50 bits per heavy atom. The summed E-state index contributed by atoms with van der Waals surface area (Å²) < 4.78 is 5.34. The first-order valence-corrected chi connectivity index (χ1v) is 6.73. The number of rotatable bonds is 5. The van der Waals surface area contributed by atoms with Gasteiger partial charge in [0.15, 0.2) is 0 Å². The monoisotopic (exact) mass is 276 g/mol. The molecule has 2 atom stereocenters. The van der Waals surface area contributed by atoms with E-state index in [1.807, 2.05) is 31.2 Å². The number of methoxy groups -OCH3 is 1. The molecule has 0 aliphatic carbocycles. The van der Waals surface area contributed by atoms with Crippen molar-refractivity contribution in [3.63, 3.8) is 0 Å². The van der Waals surface area contributed by atoms with E-state index in [1.54, 1.807) is 12.0 Å². The largest absolute Gasteiger partial charge is 0.496 e. The minimum Gasteiger partial charge on any atom is -0.496 e. The molecule has 1 fully saturated rings. The van der Waals surface area contributed by atoms with Crippen molar-refractivity contribution < 1.29 is 14.3 Å². The van der Waals surface area contributed by atoms with Crippen LogP contribution in [0.25, 0.3) is 0 Å². The van der Waals surface area contributed by atoms with E-state index in [-0.39, 0.29) is 24.2 Å². The van der Waals surface area contributed by atoms with Gasteiger partial charge in [-0.25, -0.2) is 0 Å². The number of nitrogens with two attached hydrogens (primary N) is 1. The van der Waals surface area contributed by atoms with Crippen molar-refractivity contribution in [2.75, 3.05) is 20.2 Å². The molecule has 0 saturated carbocycles. The van der Waals surface area contributed by atoms with Crippen molar-refractivity contribution in [3.05, 3.63) is 29.8 Å². The molecule has 5 nitrogen and oxygen atoms in total.